The largest absolute Gasteiger partial charge is 0.462 e. The van der Waals surface area contributed by atoms with E-state index in [1.54, 1.807) is 19.1 Å². The number of hydrogen-bond acceptors (Lipinski definition) is 3. The van der Waals surface area contributed by atoms with Crippen molar-refractivity contribution in [3.63, 3.8) is 0 Å². The van der Waals surface area contributed by atoms with Gasteiger partial charge >= 0.3 is 5.97 Å². The van der Waals surface area contributed by atoms with Gasteiger partial charge in [0.05, 0.1) is 23.2 Å². The van der Waals surface area contributed by atoms with Crippen LogP contribution in [-0.4, -0.2) is 22.5 Å². The maximum atomic E-state index is 11.8. The highest BCUT2D eigenvalue weighted by Crippen LogP contribution is 2.27. The Bertz CT molecular complexity index is 811. The van der Waals surface area contributed by atoms with Gasteiger partial charge in [0.15, 0.2) is 0 Å². The van der Waals surface area contributed by atoms with E-state index in [1.807, 2.05) is 30.3 Å². The summed E-state index contributed by atoms with van der Waals surface area (Å²) in [6.07, 6.45) is 0. The molecule has 0 spiro atoms. The molecule has 2 aromatic carbocycles. The van der Waals surface area contributed by atoms with Gasteiger partial charge in [-0.25, -0.2) is 9.78 Å². The molecule has 1 aromatic heterocycles. The first-order valence-electron chi connectivity index (χ1n) is 6.61. The van der Waals surface area contributed by atoms with E-state index in [4.69, 9.17) is 4.74 Å². The van der Waals surface area contributed by atoms with E-state index < -0.39 is 0 Å². The molecule has 5 heteroatoms. The van der Waals surface area contributed by atoms with Gasteiger partial charge in [-0.2, -0.15) is 0 Å². The van der Waals surface area contributed by atoms with Crippen LogP contribution in [0.2, 0.25) is 0 Å². The molecular weight excluding hydrogens is 332 g/mol. The average Bonchev–Trinajstić information content (AvgIpc) is 2.90. The number of carbonyl (C=O) groups excluding carboxylic acids is 1. The Morgan fingerprint density at radius 1 is 1.29 bits per heavy atom. The lowest BCUT2D eigenvalue weighted by Crippen LogP contribution is -2.04. The molecule has 1 N–H and O–H groups in total. The molecule has 0 fully saturated rings. The first kappa shape index (κ1) is 13.8. The van der Waals surface area contributed by atoms with Crippen molar-refractivity contribution in [2.45, 2.75) is 6.92 Å². The molecule has 0 amide bonds. The Hall–Kier alpha value is -2.14. The van der Waals surface area contributed by atoms with Crippen LogP contribution in [0.15, 0.2) is 46.9 Å². The predicted molar refractivity (Wildman–Crippen MR) is 85.2 cm³/mol. The summed E-state index contributed by atoms with van der Waals surface area (Å²) in [6.45, 7) is 2.15. The number of nitrogens with one attached hydrogen (secondary N) is 1. The van der Waals surface area contributed by atoms with E-state index in [0.717, 1.165) is 26.9 Å². The first-order chi connectivity index (χ1) is 10.2. The molecular formula is C16H13BrN2O2. The van der Waals surface area contributed by atoms with Gasteiger partial charge in [0.1, 0.15) is 5.82 Å². The third-order valence-electron chi connectivity index (χ3n) is 3.12. The van der Waals surface area contributed by atoms with E-state index in [9.17, 15) is 4.79 Å². The van der Waals surface area contributed by atoms with Crippen LogP contribution in [0.4, 0.5) is 0 Å². The van der Waals surface area contributed by atoms with Gasteiger partial charge in [0, 0.05) is 10.0 Å². The number of aromatic nitrogens is 2. The van der Waals surface area contributed by atoms with Gasteiger partial charge < -0.3 is 9.72 Å². The number of nitrogens with zero attached hydrogens (tertiary/aromatic N) is 1. The fourth-order valence-electron chi connectivity index (χ4n) is 2.13. The molecule has 1 heterocycles. The monoisotopic (exact) mass is 344 g/mol. The van der Waals surface area contributed by atoms with E-state index >= 15 is 0 Å². The number of H-pyrrole nitrogens is 1. The van der Waals surface area contributed by atoms with Crippen molar-refractivity contribution in [3.8, 4) is 11.4 Å². The molecule has 3 aromatic rings. The third kappa shape index (κ3) is 2.69. The van der Waals surface area contributed by atoms with E-state index in [1.165, 1.54) is 0 Å². The number of esters is 1. The standard InChI is InChI=1S/C16H13BrN2O2/c1-2-21-16(20)10-7-8-13-14(9-10)19-15(18-13)11-5-3-4-6-12(11)17/h3-9H,2H2,1H3,(H,18,19). The number of hydrogen-bond donors (Lipinski definition) is 1. The molecule has 0 atom stereocenters. The highest BCUT2D eigenvalue weighted by atomic mass is 79.9. The number of aromatic amines is 1. The van der Waals surface area contributed by atoms with Gasteiger partial charge in [0.25, 0.3) is 0 Å². The lowest BCUT2D eigenvalue weighted by Gasteiger charge is -2.00. The third-order valence-corrected chi connectivity index (χ3v) is 3.81. The summed E-state index contributed by atoms with van der Waals surface area (Å²) in [5.41, 5.74) is 3.12. The Balaban J connectivity index is 2.05. The van der Waals surface area contributed by atoms with Crippen LogP contribution in [0.5, 0.6) is 0 Å². The molecule has 0 aliphatic carbocycles. The van der Waals surface area contributed by atoms with Crippen LogP contribution >= 0.6 is 15.9 Å². The summed E-state index contributed by atoms with van der Waals surface area (Å²) < 4.78 is 5.97. The lowest BCUT2D eigenvalue weighted by atomic mass is 10.2. The number of ether oxygens (including phenoxy) is 1. The summed E-state index contributed by atoms with van der Waals surface area (Å²) in [6, 6.07) is 13.2. The molecule has 0 bridgehead atoms. The smallest absolute Gasteiger partial charge is 0.338 e. The normalized spacial score (nSPS) is 10.8. The number of halogens is 1. The van der Waals surface area contributed by atoms with Gasteiger partial charge in [0.2, 0.25) is 0 Å². The number of benzene rings is 2. The van der Waals surface area contributed by atoms with Crippen molar-refractivity contribution in [1.82, 2.24) is 9.97 Å². The van der Waals surface area contributed by atoms with Crippen LogP contribution in [0.25, 0.3) is 22.4 Å². The van der Waals surface area contributed by atoms with Crippen molar-refractivity contribution in [1.29, 1.82) is 0 Å². The Kier molecular flexibility index (Phi) is 3.75. The van der Waals surface area contributed by atoms with Gasteiger partial charge in [-0.1, -0.05) is 34.1 Å². The Morgan fingerprint density at radius 2 is 2.10 bits per heavy atom. The molecule has 0 aliphatic heterocycles. The van der Waals surface area contributed by atoms with E-state index in [2.05, 4.69) is 25.9 Å². The molecule has 0 radical (unpaired) electrons. The van der Waals surface area contributed by atoms with Crippen molar-refractivity contribution >= 4 is 32.9 Å². The quantitative estimate of drug-likeness (QED) is 0.725. The minimum Gasteiger partial charge on any atom is -0.462 e. The summed E-state index contributed by atoms with van der Waals surface area (Å²) in [4.78, 5) is 19.5. The molecule has 3 rings (SSSR count). The molecule has 21 heavy (non-hydrogen) atoms. The summed E-state index contributed by atoms with van der Waals surface area (Å²) in [5.74, 6) is 0.440. The van der Waals surface area contributed by atoms with Gasteiger partial charge in [-0.05, 0) is 31.2 Å². The average molecular weight is 345 g/mol. The highest BCUT2D eigenvalue weighted by Gasteiger charge is 2.11. The van der Waals surface area contributed by atoms with Crippen LogP contribution < -0.4 is 0 Å². The fraction of sp³-hybridized carbons (Fsp3) is 0.125. The lowest BCUT2D eigenvalue weighted by molar-refractivity contribution is 0.0526. The van der Waals surface area contributed by atoms with Crippen molar-refractivity contribution in [2.24, 2.45) is 0 Å². The second-order valence-electron chi connectivity index (χ2n) is 4.52. The van der Waals surface area contributed by atoms with Crippen LogP contribution in [0.3, 0.4) is 0 Å². The maximum Gasteiger partial charge on any atom is 0.338 e. The Labute approximate surface area is 130 Å². The highest BCUT2D eigenvalue weighted by molar-refractivity contribution is 9.10. The Morgan fingerprint density at radius 3 is 2.86 bits per heavy atom. The van der Waals surface area contributed by atoms with Crippen LogP contribution in [0, 0.1) is 0 Å². The van der Waals surface area contributed by atoms with Crippen molar-refractivity contribution < 1.29 is 9.53 Å². The predicted octanol–water partition coefficient (Wildman–Crippen LogP) is 4.17. The zero-order valence-electron chi connectivity index (χ0n) is 11.4. The van der Waals surface area contributed by atoms with E-state index in [-0.39, 0.29) is 5.97 Å². The zero-order valence-corrected chi connectivity index (χ0v) is 13.0. The van der Waals surface area contributed by atoms with Crippen molar-refractivity contribution in [2.75, 3.05) is 6.61 Å². The molecule has 0 aliphatic rings. The SMILES string of the molecule is CCOC(=O)c1ccc2nc(-c3ccccc3Br)[nH]c2c1. The second-order valence-corrected chi connectivity index (χ2v) is 5.37. The second kappa shape index (κ2) is 5.69. The summed E-state index contributed by atoms with van der Waals surface area (Å²) in [7, 11) is 0. The number of imidazole rings is 1. The van der Waals surface area contributed by atoms with Crippen LogP contribution in [-0.2, 0) is 4.74 Å². The molecule has 106 valence electrons. The van der Waals surface area contributed by atoms with Gasteiger partial charge in [-0.3, -0.25) is 0 Å². The van der Waals surface area contributed by atoms with Crippen molar-refractivity contribution in [3.05, 3.63) is 52.5 Å². The molecule has 4 nitrogen and oxygen atoms in total. The number of fused-ring (bicyclic) bond motifs is 1. The number of rotatable bonds is 3. The summed E-state index contributed by atoms with van der Waals surface area (Å²) in [5, 5.41) is 0. The van der Waals surface area contributed by atoms with Crippen LogP contribution in [0.1, 0.15) is 17.3 Å². The molecule has 0 saturated carbocycles. The molecule has 0 saturated heterocycles. The van der Waals surface area contributed by atoms with E-state index in [0.29, 0.717) is 12.2 Å². The fourth-order valence-corrected chi connectivity index (χ4v) is 2.60. The maximum absolute atomic E-state index is 11.8. The minimum atomic E-state index is -0.323. The summed E-state index contributed by atoms with van der Waals surface area (Å²) >= 11 is 3.51. The van der Waals surface area contributed by atoms with Gasteiger partial charge in [-0.15, -0.1) is 0 Å². The first-order valence-corrected chi connectivity index (χ1v) is 7.40. The number of carbonyl (C=O) groups is 1. The zero-order chi connectivity index (χ0) is 14.8. The molecule has 0 unspecified atom stereocenters. The topological polar surface area (TPSA) is 55.0 Å². The minimum absolute atomic E-state index is 0.323.